The lowest BCUT2D eigenvalue weighted by Gasteiger charge is -2.35. The van der Waals surface area contributed by atoms with Crippen molar-refractivity contribution in [2.45, 2.75) is 6.42 Å². The van der Waals surface area contributed by atoms with Crippen LogP contribution in [0.15, 0.2) is 35.8 Å². The molecule has 0 radical (unpaired) electrons. The first kappa shape index (κ1) is 14.1. The Morgan fingerprint density at radius 3 is 2.76 bits per heavy atom. The Bertz CT molecular complexity index is 609. The third-order valence-electron chi connectivity index (χ3n) is 3.83. The van der Waals surface area contributed by atoms with E-state index in [2.05, 4.69) is 38.4 Å². The molecule has 1 fully saturated rings. The summed E-state index contributed by atoms with van der Waals surface area (Å²) in [5.74, 6) is 0.831. The van der Waals surface area contributed by atoms with Gasteiger partial charge in [-0.1, -0.05) is 6.07 Å². The molecule has 0 N–H and O–H groups in total. The molecule has 3 heterocycles. The van der Waals surface area contributed by atoms with E-state index < -0.39 is 0 Å². The summed E-state index contributed by atoms with van der Waals surface area (Å²) >= 11 is 1.83. The maximum Gasteiger partial charge on any atom is 0.146 e. The second kappa shape index (κ2) is 6.70. The summed E-state index contributed by atoms with van der Waals surface area (Å²) in [6.45, 7) is 5.06. The number of aromatic nitrogens is 1. The van der Waals surface area contributed by atoms with Gasteiger partial charge in [-0.2, -0.15) is 5.26 Å². The van der Waals surface area contributed by atoms with Crippen LogP contribution in [0, 0.1) is 11.3 Å². The lowest BCUT2D eigenvalue weighted by Crippen LogP contribution is -2.47. The van der Waals surface area contributed by atoms with E-state index in [0.717, 1.165) is 45.0 Å². The second-order valence-electron chi connectivity index (χ2n) is 5.14. The SMILES string of the molecule is N#Cc1cccnc1N1CCN(CCc2cccs2)CC1. The summed E-state index contributed by atoms with van der Waals surface area (Å²) in [6, 6.07) is 10.2. The maximum atomic E-state index is 9.17. The van der Waals surface area contributed by atoms with Crippen LogP contribution in [0.1, 0.15) is 10.4 Å². The van der Waals surface area contributed by atoms with Gasteiger partial charge < -0.3 is 4.90 Å². The fraction of sp³-hybridized carbons (Fsp3) is 0.375. The Morgan fingerprint density at radius 2 is 2.05 bits per heavy atom. The predicted octanol–water partition coefficient (Wildman–Crippen LogP) is 2.38. The van der Waals surface area contributed by atoms with Crippen LogP contribution in [-0.4, -0.2) is 42.6 Å². The molecule has 21 heavy (non-hydrogen) atoms. The largest absolute Gasteiger partial charge is 0.353 e. The minimum absolute atomic E-state index is 0.671. The lowest BCUT2D eigenvalue weighted by atomic mass is 10.2. The molecule has 2 aromatic rings. The zero-order valence-corrected chi connectivity index (χ0v) is 12.7. The van der Waals surface area contributed by atoms with Crippen molar-refractivity contribution in [3.8, 4) is 6.07 Å². The van der Waals surface area contributed by atoms with E-state index in [1.807, 2.05) is 23.5 Å². The number of pyridine rings is 1. The van der Waals surface area contributed by atoms with Gasteiger partial charge >= 0.3 is 0 Å². The third kappa shape index (κ3) is 3.41. The molecule has 0 atom stereocenters. The second-order valence-corrected chi connectivity index (χ2v) is 6.18. The Kier molecular flexibility index (Phi) is 4.49. The maximum absolute atomic E-state index is 9.17. The van der Waals surface area contributed by atoms with Crippen molar-refractivity contribution in [1.29, 1.82) is 5.26 Å². The Balaban J connectivity index is 1.54. The molecule has 0 unspecified atom stereocenters. The molecule has 1 saturated heterocycles. The molecule has 0 saturated carbocycles. The third-order valence-corrected chi connectivity index (χ3v) is 4.77. The summed E-state index contributed by atoms with van der Waals surface area (Å²) in [5.41, 5.74) is 0.671. The van der Waals surface area contributed by atoms with Gasteiger partial charge in [0.1, 0.15) is 11.9 Å². The number of hydrogen-bond acceptors (Lipinski definition) is 5. The van der Waals surface area contributed by atoms with Gasteiger partial charge in [0.2, 0.25) is 0 Å². The molecule has 3 rings (SSSR count). The van der Waals surface area contributed by atoms with E-state index in [9.17, 15) is 0 Å². The van der Waals surface area contributed by atoms with Crippen LogP contribution in [-0.2, 0) is 6.42 Å². The van der Waals surface area contributed by atoms with E-state index >= 15 is 0 Å². The number of rotatable bonds is 4. The molecular formula is C16H18N4S. The quantitative estimate of drug-likeness (QED) is 0.869. The topological polar surface area (TPSA) is 43.2 Å². The van der Waals surface area contributed by atoms with Crippen molar-refractivity contribution in [3.05, 3.63) is 46.3 Å². The van der Waals surface area contributed by atoms with Crippen LogP contribution in [0.2, 0.25) is 0 Å². The molecule has 4 nitrogen and oxygen atoms in total. The molecule has 0 spiro atoms. The number of nitrogens with zero attached hydrogens (tertiary/aromatic N) is 4. The van der Waals surface area contributed by atoms with E-state index in [1.165, 1.54) is 4.88 Å². The number of piperazine rings is 1. The van der Waals surface area contributed by atoms with E-state index in [0.29, 0.717) is 5.56 Å². The van der Waals surface area contributed by atoms with E-state index in [-0.39, 0.29) is 0 Å². The van der Waals surface area contributed by atoms with Crippen molar-refractivity contribution in [2.75, 3.05) is 37.6 Å². The van der Waals surface area contributed by atoms with Gasteiger partial charge in [-0.05, 0) is 30.0 Å². The first-order valence-electron chi connectivity index (χ1n) is 7.21. The molecule has 2 aromatic heterocycles. The zero-order valence-electron chi connectivity index (χ0n) is 11.9. The minimum Gasteiger partial charge on any atom is -0.353 e. The smallest absolute Gasteiger partial charge is 0.146 e. The Labute approximate surface area is 129 Å². The number of hydrogen-bond donors (Lipinski definition) is 0. The first-order valence-corrected chi connectivity index (χ1v) is 8.09. The molecule has 1 aliphatic rings. The van der Waals surface area contributed by atoms with Crippen LogP contribution < -0.4 is 4.90 Å². The van der Waals surface area contributed by atoms with Crippen molar-refractivity contribution in [1.82, 2.24) is 9.88 Å². The standard InChI is InChI=1S/C16H18N4S/c17-13-14-3-1-6-18-16(14)20-10-8-19(9-11-20)7-5-15-4-2-12-21-15/h1-4,6,12H,5,7-11H2. The number of thiophene rings is 1. The van der Waals surface area contributed by atoms with Gasteiger partial charge in [-0.15, -0.1) is 11.3 Å². The molecule has 0 bridgehead atoms. The highest BCUT2D eigenvalue weighted by Gasteiger charge is 2.19. The molecule has 1 aliphatic heterocycles. The molecule has 0 amide bonds. The summed E-state index contributed by atoms with van der Waals surface area (Å²) < 4.78 is 0. The van der Waals surface area contributed by atoms with Gasteiger partial charge in [-0.3, -0.25) is 4.90 Å². The van der Waals surface area contributed by atoms with Crippen molar-refractivity contribution in [2.24, 2.45) is 0 Å². The van der Waals surface area contributed by atoms with Crippen LogP contribution in [0.3, 0.4) is 0 Å². The van der Waals surface area contributed by atoms with Crippen LogP contribution in [0.5, 0.6) is 0 Å². The Hall–Kier alpha value is -1.90. The first-order chi connectivity index (χ1) is 10.4. The fourth-order valence-electron chi connectivity index (χ4n) is 2.64. The molecular weight excluding hydrogens is 280 g/mol. The number of nitriles is 1. The normalized spacial score (nSPS) is 15.9. The van der Waals surface area contributed by atoms with Crippen LogP contribution >= 0.6 is 11.3 Å². The van der Waals surface area contributed by atoms with Crippen LogP contribution in [0.25, 0.3) is 0 Å². The van der Waals surface area contributed by atoms with Crippen molar-refractivity contribution >= 4 is 17.2 Å². The highest BCUT2D eigenvalue weighted by molar-refractivity contribution is 7.09. The summed E-state index contributed by atoms with van der Waals surface area (Å²) in [4.78, 5) is 10.5. The average Bonchev–Trinajstić information content (AvgIpc) is 3.07. The summed E-state index contributed by atoms with van der Waals surface area (Å²) in [7, 11) is 0. The highest BCUT2D eigenvalue weighted by Crippen LogP contribution is 2.18. The van der Waals surface area contributed by atoms with E-state index in [4.69, 9.17) is 5.26 Å². The highest BCUT2D eigenvalue weighted by atomic mass is 32.1. The zero-order chi connectivity index (χ0) is 14.5. The predicted molar refractivity (Wildman–Crippen MR) is 85.6 cm³/mol. The fourth-order valence-corrected chi connectivity index (χ4v) is 3.34. The van der Waals surface area contributed by atoms with Gasteiger partial charge in [0.05, 0.1) is 5.56 Å². The molecule has 0 aromatic carbocycles. The van der Waals surface area contributed by atoms with Gasteiger partial charge in [-0.25, -0.2) is 4.98 Å². The lowest BCUT2D eigenvalue weighted by molar-refractivity contribution is 0.261. The molecule has 0 aliphatic carbocycles. The van der Waals surface area contributed by atoms with Gasteiger partial charge in [0, 0.05) is 43.8 Å². The Morgan fingerprint density at radius 1 is 1.19 bits per heavy atom. The number of anilines is 1. The average molecular weight is 298 g/mol. The summed E-state index contributed by atoms with van der Waals surface area (Å²) in [5, 5.41) is 11.3. The monoisotopic (exact) mass is 298 g/mol. The molecule has 5 heteroatoms. The summed E-state index contributed by atoms with van der Waals surface area (Å²) in [6.07, 6.45) is 2.89. The minimum atomic E-state index is 0.671. The van der Waals surface area contributed by atoms with Gasteiger partial charge in [0.15, 0.2) is 0 Å². The van der Waals surface area contributed by atoms with Crippen molar-refractivity contribution in [3.63, 3.8) is 0 Å². The van der Waals surface area contributed by atoms with Crippen LogP contribution in [0.4, 0.5) is 5.82 Å². The van der Waals surface area contributed by atoms with Crippen molar-refractivity contribution < 1.29 is 0 Å². The van der Waals surface area contributed by atoms with Gasteiger partial charge in [0.25, 0.3) is 0 Å². The van der Waals surface area contributed by atoms with E-state index in [1.54, 1.807) is 6.20 Å². The molecule has 108 valence electrons.